The standard InChI is InChI=1S/C20H18F2N2O5/c1-11(19(26)23-13-7-8-14(21)15(22)9-13)28-20(27)18-10-24(12(2)25)16-5-3-4-6-17(16)29-18/h3-9,11,18H,10H2,1-2H3,(H,23,26)/t11-,18+/m1/s1. The number of carbonyl (C=O) groups excluding carboxylic acids is 3. The van der Waals surface area contributed by atoms with E-state index in [1.165, 1.54) is 24.8 Å². The number of nitrogens with one attached hydrogen (secondary N) is 1. The van der Waals surface area contributed by atoms with Crippen molar-refractivity contribution in [3.63, 3.8) is 0 Å². The first-order chi connectivity index (χ1) is 13.8. The molecule has 0 saturated carbocycles. The highest BCUT2D eigenvalue weighted by atomic mass is 19.2. The largest absolute Gasteiger partial charge is 0.475 e. The maximum absolute atomic E-state index is 13.2. The van der Waals surface area contributed by atoms with Gasteiger partial charge >= 0.3 is 5.97 Å². The molecule has 1 aliphatic rings. The lowest BCUT2D eigenvalue weighted by Gasteiger charge is -2.33. The summed E-state index contributed by atoms with van der Waals surface area (Å²) in [6.07, 6.45) is -2.35. The molecule has 0 saturated heterocycles. The summed E-state index contributed by atoms with van der Waals surface area (Å²) in [6, 6.07) is 9.60. The first-order valence-electron chi connectivity index (χ1n) is 8.76. The molecule has 0 radical (unpaired) electrons. The number of halogens is 2. The number of hydrogen-bond acceptors (Lipinski definition) is 5. The maximum atomic E-state index is 13.2. The number of nitrogens with zero attached hydrogens (tertiary/aromatic N) is 1. The average molecular weight is 404 g/mol. The molecule has 29 heavy (non-hydrogen) atoms. The van der Waals surface area contributed by atoms with Crippen LogP contribution in [0.25, 0.3) is 0 Å². The van der Waals surface area contributed by atoms with E-state index >= 15 is 0 Å². The molecule has 0 spiro atoms. The van der Waals surface area contributed by atoms with Gasteiger partial charge in [0.1, 0.15) is 5.75 Å². The molecule has 9 heteroatoms. The summed E-state index contributed by atoms with van der Waals surface area (Å²) < 4.78 is 37.0. The lowest BCUT2D eigenvalue weighted by Crippen LogP contribution is -2.48. The minimum Gasteiger partial charge on any atom is -0.475 e. The van der Waals surface area contributed by atoms with Gasteiger partial charge in [0.15, 0.2) is 17.7 Å². The van der Waals surface area contributed by atoms with E-state index in [9.17, 15) is 23.2 Å². The van der Waals surface area contributed by atoms with E-state index in [1.54, 1.807) is 24.3 Å². The SMILES string of the molecule is CC(=O)N1C[C@@H](C(=O)O[C@H](C)C(=O)Nc2ccc(F)c(F)c2)Oc2ccccc21. The van der Waals surface area contributed by atoms with Gasteiger partial charge in [-0.25, -0.2) is 13.6 Å². The number of esters is 1. The van der Waals surface area contributed by atoms with Crippen LogP contribution < -0.4 is 15.0 Å². The minimum absolute atomic E-state index is 0.0161. The Morgan fingerprint density at radius 3 is 2.59 bits per heavy atom. The fraction of sp³-hybridized carbons (Fsp3) is 0.250. The van der Waals surface area contributed by atoms with Gasteiger partial charge in [-0.2, -0.15) is 0 Å². The summed E-state index contributed by atoms with van der Waals surface area (Å²) in [6.45, 7) is 2.62. The summed E-state index contributed by atoms with van der Waals surface area (Å²) in [5.41, 5.74) is 0.551. The number of rotatable bonds is 4. The Labute approximate surface area is 165 Å². The Balaban J connectivity index is 1.65. The Morgan fingerprint density at radius 2 is 1.90 bits per heavy atom. The summed E-state index contributed by atoms with van der Waals surface area (Å²) in [4.78, 5) is 38.0. The summed E-state index contributed by atoms with van der Waals surface area (Å²) in [5, 5.41) is 2.33. The van der Waals surface area contributed by atoms with Gasteiger partial charge < -0.3 is 19.7 Å². The Bertz CT molecular complexity index is 966. The zero-order valence-electron chi connectivity index (χ0n) is 15.6. The van der Waals surface area contributed by atoms with Gasteiger partial charge in [0.2, 0.25) is 12.0 Å². The molecule has 2 aromatic rings. The van der Waals surface area contributed by atoms with E-state index in [2.05, 4.69) is 5.32 Å². The predicted molar refractivity (Wildman–Crippen MR) is 99.4 cm³/mol. The van der Waals surface area contributed by atoms with Crippen LogP contribution in [0, 0.1) is 11.6 Å². The van der Waals surface area contributed by atoms with Crippen molar-refractivity contribution in [2.45, 2.75) is 26.1 Å². The third-order valence-electron chi connectivity index (χ3n) is 4.27. The van der Waals surface area contributed by atoms with Crippen LogP contribution in [0.1, 0.15) is 13.8 Å². The second kappa shape index (κ2) is 8.26. The van der Waals surface area contributed by atoms with Crippen molar-refractivity contribution in [3.05, 3.63) is 54.1 Å². The predicted octanol–water partition coefficient (Wildman–Crippen LogP) is 2.65. The smallest absolute Gasteiger partial charge is 0.350 e. The second-order valence-corrected chi connectivity index (χ2v) is 6.40. The monoisotopic (exact) mass is 404 g/mol. The number of fused-ring (bicyclic) bond motifs is 1. The van der Waals surface area contributed by atoms with Crippen LogP contribution in [-0.4, -0.2) is 36.5 Å². The summed E-state index contributed by atoms with van der Waals surface area (Å²) in [5.74, 6) is -3.67. The average Bonchev–Trinajstić information content (AvgIpc) is 2.69. The molecule has 0 unspecified atom stereocenters. The number of anilines is 2. The van der Waals surface area contributed by atoms with Crippen molar-refractivity contribution < 1.29 is 32.6 Å². The van der Waals surface area contributed by atoms with Crippen molar-refractivity contribution in [1.29, 1.82) is 0 Å². The first-order valence-corrected chi connectivity index (χ1v) is 8.76. The zero-order valence-corrected chi connectivity index (χ0v) is 15.6. The number of hydrogen-bond donors (Lipinski definition) is 1. The van der Waals surface area contributed by atoms with Crippen LogP contribution in [0.5, 0.6) is 5.75 Å². The molecule has 3 rings (SSSR count). The highest BCUT2D eigenvalue weighted by Gasteiger charge is 2.35. The van der Waals surface area contributed by atoms with E-state index in [1.807, 2.05) is 0 Å². The fourth-order valence-corrected chi connectivity index (χ4v) is 2.78. The Hall–Kier alpha value is -3.49. The van der Waals surface area contributed by atoms with Crippen LogP contribution in [0.2, 0.25) is 0 Å². The maximum Gasteiger partial charge on any atom is 0.350 e. The van der Waals surface area contributed by atoms with E-state index in [0.29, 0.717) is 11.4 Å². The van der Waals surface area contributed by atoms with E-state index in [0.717, 1.165) is 12.1 Å². The zero-order chi connectivity index (χ0) is 21.1. The third-order valence-corrected chi connectivity index (χ3v) is 4.27. The quantitative estimate of drug-likeness (QED) is 0.792. The number of para-hydroxylation sites is 2. The van der Waals surface area contributed by atoms with Gasteiger partial charge in [-0.05, 0) is 31.2 Å². The minimum atomic E-state index is -1.23. The molecular weight excluding hydrogens is 386 g/mol. The Morgan fingerprint density at radius 1 is 1.17 bits per heavy atom. The van der Waals surface area contributed by atoms with Gasteiger partial charge in [0.05, 0.1) is 12.2 Å². The molecule has 152 valence electrons. The van der Waals surface area contributed by atoms with E-state index < -0.39 is 35.7 Å². The van der Waals surface area contributed by atoms with Crippen molar-refractivity contribution in [2.24, 2.45) is 0 Å². The molecule has 0 fully saturated rings. The lowest BCUT2D eigenvalue weighted by molar-refractivity contribution is -0.160. The highest BCUT2D eigenvalue weighted by molar-refractivity contribution is 5.97. The fourth-order valence-electron chi connectivity index (χ4n) is 2.78. The molecule has 7 nitrogen and oxygen atoms in total. The molecule has 2 aromatic carbocycles. The third kappa shape index (κ3) is 4.50. The van der Waals surface area contributed by atoms with Crippen molar-refractivity contribution >= 4 is 29.2 Å². The number of benzene rings is 2. The molecule has 0 bridgehead atoms. The Kier molecular flexibility index (Phi) is 5.76. The molecule has 0 aliphatic carbocycles. The van der Waals surface area contributed by atoms with Gasteiger partial charge in [-0.1, -0.05) is 12.1 Å². The molecule has 0 aromatic heterocycles. The molecule has 2 atom stereocenters. The lowest BCUT2D eigenvalue weighted by atomic mass is 10.2. The van der Waals surface area contributed by atoms with Gasteiger partial charge in [-0.15, -0.1) is 0 Å². The molecule has 1 N–H and O–H groups in total. The van der Waals surface area contributed by atoms with Gasteiger partial charge in [0, 0.05) is 18.7 Å². The van der Waals surface area contributed by atoms with E-state index in [-0.39, 0.29) is 18.1 Å². The highest BCUT2D eigenvalue weighted by Crippen LogP contribution is 2.33. The number of ether oxygens (including phenoxy) is 2. The van der Waals surface area contributed by atoms with E-state index in [4.69, 9.17) is 9.47 Å². The number of carbonyl (C=O) groups is 3. The molecule has 1 aliphatic heterocycles. The van der Waals surface area contributed by atoms with Gasteiger partial charge in [-0.3, -0.25) is 9.59 Å². The first kappa shape index (κ1) is 20.2. The molecule has 2 amide bonds. The summed E-state index contributed by atoms with van der Waals surface area (Å²) in [7, 11) is 0. The second-order valence-electron chi connectivity index (χ2n) is 6.40. The topological polar surface area (TPSA) is 84.9 Å². The van der Waals surface area contributed by atoms with Crippen molar-refractivity contribution in [3.8, 4) is 5.75 Å². The van der Waals surface area contributed by atoms with Crippen LogP contribution in [0.15, 0.2) is 42.5 Å². The van der Waals surface area contributed by atoms with Crippen molar-refractivity contribution in [2.75, 3.05) is 16.8 Å². The van der Waals surface area contributed by atoms with Gasteiger partial charge in [0.25, 0.3) is 5.91 Å². The van der Waals surface area contributed by atoms with Crippen LogP contribution in [-0.2, 0) is 19.1 Å². The van der Waals surface area contributed by atoms with Crippen LogP contribution >= 0.6 is 0 Å². The summed E-state index contributed by atoms with van der Waals surface area (Å²) >= 11 is 0. The number of amides is 2. The molecular formula is C20H18F2N2O5. The molecule has 1 heterocycles. The van der Waals surface area contributed by atoms with Crippen LogP contribution in [0.3, 0.4) is 0 Å². The van der Waals surface area contributed by atoms with Crippen LogP contribution in [0.4, 0.5) is 20.2 Å². The normalized spacial score (nSPS) is 16.3. The van der Waals surface area contributed by atoms with Crippen molar-refractivity contribution in [1.82, 2.24) is 0 Å².